The number of ether oxygens (including phenoxy) is 1. The lowest BCUT2D eigenvalue weighted by Gasteiger charge is -2.35. The summed E-state index contributed by atoms with van der Waals surface area (Å²) in [7, 11) is 0. The Balaban J connectivity index is 1.73. The topological polar surface area (TPSA) is 128 Å². The number of benzene rings is 3. The van der Waals surface area contributed by atoms with E-state index in [0.717, 1.165) is 5.56 Å². The number of hydrogen-bond donors (Lipinski definition) is 4. The molecule has 1 aliphatic rings. The van der Waals surface area contributed by atoms with Gasteiger partial charge in [0.25, 0.3) is 5.91 Å². The zero-order chi connectivity index (χ0) is 30.6. The van der Waals surface area contributed by atoms with Gasteiger partial charge in [-0.1, -0.05) is 48.0 Å². The van der Waals surface area contributed by atoms with Crippen LogP contribution in [-0.2, 0) is 20.7 Å². The first kappa shape index (κ1) is 30.7. The third-order valence-electron chi connectivity index (χ3n) is 6.77. The second kappa shape index (κ2) is 12.7. The molecule has 9 nitrogen and oxygen atoms in total. The fourth-order valence-electron chi connectivity index (χ4n) is 4.65. The number of halogens is 1. The van der Waals surface area contributed by atoms with Crippen LogP contribution in [0.1, 0.15) is 56.3 Å². The fraction of sp³-hybridized carbons (Fsp3) is 0.344. The van der Waals surface area contributed by atoms with E-state index in [1.165, 1.54) is 29.2 Å². The average molecular weight is 594 g/mol. The van der Waals surface area contributed by atoms with E-state index in [9.17, 15) is 24.6 Å². The molecule has 0 spiro atoms. The van der Waals surface area contributed by atoms with E-state index in [1.807, 2.05) is 13.0 Å². The lowest BCUT2D eigenvalue weighted by molar-refractivity contribution is -0.141. The van der Waals surface area contributed by atoms with Gasteiger partial charge in [0, 0.05) is 12.5 Å². The maximum Gasteiger partial charge on any atom is 0.408 e. The Hall–Kier alpha value is -4.24. The van der Waals surface area contributed by atoms with Gasteiger partial charge >= 0.3 is 6.09 Å². The zero-order valence-corrected chi connectivity index (χ0v) is 24.8. The van der Waals surface area contributed by atoms with Gasteiger partial charge in [0.15, 0.2) is 0 Å². The second-order valence-electron chi connectivity index (χ2n) is 11.5. The SMILES string of the molecule is Cc1cccc(Cl)c1NC(=O)C(c1ccc(O)cc1)N(C(=O)C(Cc1ccc(O)cc1)NC(=O)OC(C)(C)C)C1CC1. The van der Waals surface area contributed by atoms with Crippen molar-refractivity contribution in [1.82, 2.24) is 10.2 Å². The van der Waals surface area contributed by atoms with Crippen LogP contribution in [0, 0.1) is 6.92 Å². The van der Waals surface area contributed by atoms with Gasteiger partial charge in [-0.3, -0.25) is 9.59 Å². The summed E-state index contributed by atoms with van der Waals surface area (Å²) < 4.78 is 5.46. The minimum Gasteiger partial charge on any atom is -0.508 e. The van der Waals surface area contributed by atoms with Crippen LogP contribution < -0.4 is 10.6 Å². The number of nitrogens with one attached hydrogen (secondary N) is 2. The van der Waals surface area contributed by atoms with Crippen LogP contribution in [-0.4, -0.2) is 50.7 Å². The minimum atomic E-state index is -1.09. The molecule has 0 heterocycles. The molecule has 0 bridgehead atoms. The van der Waals surface area contributed by atoms with Gasteiger partial charge < -0.3 is 30.5 Å². The first-order valence-electron chi connectivity index (χ1n) is 13.8. The highest BCUT2D eigenvalue weighted by Crippen LogP contribution is 2.37. The van der Waals surface area contributed by atoms with Crippen molar-refractivity contribution in [2.45, 2.75) is 70.7 Å². The number of phenolic OH excluding ortho intramolecular Hbond substituents is 2. The molecular formula is C32H36ClN3O6. The quantitative estimate of drug-likeness (QED) is 0.246. The fourth-order valence-corrected chi connectivity index (χ4v) is 4.91. The highest BCUT2D eigenvalue weighted by atomic mass is 35.5. The van der Waals surface area contributed by atoms with Gasteiger partial charge in [0.05, 0.1) is 10.7 Å². The van der Waals surface area contributed by atoms with E-state index < -0.39 is 35.6 Å². The summed E-state index contributed by atoms with van der Waals surface area (Å²) in [6.07, 6.45) is 0.677. The normalized spacial score (nSPS) is 14.4. The van der Waals surface area contributed by atoms with E-state index in [2.05, 4.69) is 10.6 Å². The van der Waals surface area contributed by atoms with E-state index in [0.29, 0.717) is 34.7 Å². The molecule has 0 radical (unpaired) electrons. The highest BCUT2D eigenvalue weighted by Gasteiger charge is 2.44. The molecular weight excluding hydrogens is 558 g/mol. The largest absolute Gasteiger partial charge is 0.508 e. The van der Waals surface area contributed by atoms with Gasteiger partial charge in [0.2, 0.25) is 5.91 Å². The van der Waals surface area contributed by atoms with E-state index in [-0.39, 0.29) is 24.0 Å². The molecule has 1 aliphatic carbocycles. The molecule has 4 N–H and O–H groups in total. The van der Waals surface area contributed by atoms with E-state index in [1.54, 1.807) is 57.2 Å². The van der Waals surface area contributed by atoms with E-state index in [4.69, 9.17) is 16.3 Å². The molecule has 222 valence electrons. The number of alkyl carbamates (subject to hydrolysis) is 1. The minimum absolute atomic E-state index is 0.0148. The summed E-state index contributed by atoms with van der Waals surface area (Å²) in [6.45, 7) is 6.99. The Bertz CT molecular complexity index is 1410. The van der Waals surface area contributed by atoms with Crippen molar-refractivity contribution in [2.75, 3.05) is 5.32 Å². The Morgan fingerprint density at radius 3 is 2.12 bits per heavy atom. The van der Waals surface area contributed by atoms with Gasteiger partial charge in [-0.2, -0.15) is 0 Å². The lowest BCUT2D eigenvalue weighted by atomic mass is 9.99. The molecule has 0 aromatic heterocycles. The van der Waals surface area contributed by atoms with Crippen LogP contribution in [0.4, 0.5) is 10.5 Å². The molecule has 0 saturated heterocycles. The maximum absolute atomic E-state index is 14.4. The molecule has 3 aromatic carbocycles. The number of carbonyl (C=O) groups excluding carboxylic acids is 3. The number of hydrogen-bond acceptors (Lipinski definition) is 6. The summed E-state index contributed by atoms with van der Waals surface area (Å²) in [4.78, 5) is 42.9. The Morgan fingerprint density at radius 2 is 1.57 bits per heavy atom. The highest BCUT2D eigenvalue weighted by molar-refractivity contribution is 6.34. The number of phenols is 2. The van der Waals surface area contributed by atoms with Gasteiger partial charge in [-0.05, 0) is 87.6 Å². The van der Waals surface area contributed by atoms with Crippen LogP contribution in [0.25, 0.3) is 0 Å². The molecule has 2 unspecified atom stereocenters. The van der Waals surface area contributed by atoms with Gasteiger partial charge in [-0.15, -0.1) is 0 Å². The third kappa shape index (κ3) is 7.94. The number of aromatic hydroxyl groups is 2. The summed E-state index contributed by atoms with van der Waals surface area (Å²) in [5, 5.41) is 25.7. The molecule has 10 heteroatoms. The molecule has 3 amide bonds. The number of amides is 3. The Labute approximate surface area is 250 Å². The molecule has 3 aromatic rings. The number of para-hydroxylation sites is 1. The molecule has 4 rings (SSSR count). The summed E-state index contributed by atoms with van der Waals surface area (Å²) >= 11 is 6.42. The first-order chi connectivity index (χ1) is 19.8. The summed E-state index contributed by atoms with van der Waals surface area (Å²) in [5.74, 6) is -0.875. The predicted octanol–water partition coefficient (Wildman–Crippen LogP) is 5.87. The first-order valence-corrected chi connectivity index (χ1v) is 14.1. The molecule has 42 heavy (non-hydrogen) atoms. The molecule has 1 saturated carbocycles. The molecule has 0 aliphatic heterocycles. The van der Waals surface area contributed by atoms with Crippen LogP contribution >= 0.6 is 11.6 Å². The molecule has 1 fully saturated rings. The predicted molar refractivity (Wildman–Crippen MR) is 161 cm³/mol. The smallest absolute Gasteiger partial charge is 0.408 e. The van der Waals surface area contributed by atoms with Crippen LogP contribution in [0.2, 0.25) is 5.02 Å². The van der Waals surface area contributed by atoms with Gasteiger partial charge in [-0.25, -0.2) is 4.79 Å². The van der Waals surface area contributed by atoms with Crippen molar-refractivity contribution >= 4 is 35.2 Å². The standard InChI is InChI=1S/C32H36ClN3O6/c1-19-6-5-7-25(33)27(19)35-29(39)28(21-10-16-24(38)17-11-21)36(22-12-13-22)30(40)26(34-31(41)42-32(2,3)4)18-20-8-14-23(37)15-9-20/h5-11,14-17,22,26,28,37-38H,12-13,18H2,1-4H3,(H,34,41)(H,35,39). The van der Waals surface area contributed by atoms with Crippen molar-refractivity contribution in [1.29, 1.82) is 0 Å². The summed E-state index contributed by atoms with van der Waals surface area (Å²) in [5.41, 5.74) is 1.56. The van der Waals surface area contributed by atoms with Crippen molar-refractivity contribution in [3.8, 4) is 11.5 Å². The van der Waals surface area contributed by atoms with Crippen molar-refractivity contribution in [3.63, 3.8) is 0 Å². The van der Waals surface area contributed by atoms with Crippen molar-refractivity contribution in [2.24, 2.45) is 0 Å². The van der Waals surface area contributed by atoms with Crippen molar-refractivity contribution in [3.05, 3.63) is 88.4 Å². The number of aryl methyl sites for hydroxylation is 1. The Kier molecular flexibility index (Phi) is 9.31. The number of carbonyl (C=O) groups is 3. The Morgan fingerprint density at radius 1 is 0.976 bits per heavy atom. The van der Waals surface area contributed by atoms with Crippen LogP contribution in [0.5, 0.6) is 11.5 Å². The zero-order valence-electron chi connectivity index (χ0n) is 24.1. The molecule has 2 atom stereocenters. The number of nitrogens with zero attached hydrogens (tertiary/aromatic N) is 1. The van der Waals surface area contributed by atoms with Crippen LogP contribution in [0.3, 0.4) is 0 Å². The van der Waals surface area contributed by atoms with Crippen molar-refractivity contribution < 1.29 is 29.3 Å². The van der Waals surface area contributed by atoms with Crippen LogP contribution in [0.15, 0.2) is 66.7 Å². The van der Waals surface area contributed by atoms with E-state index >= 15 is 0 Å². The van der Waals surface area contributed by atoms with Gasteiger partial charge in [0.1, 0.15) is 29.2 Å². The summed E-state index contributed by atoms with van der Waals surface area (Å²) in [6, 6.07) is 15.3. The number of rotatable bonds is 9. The lowest BCUT2D eigenvalue weighted by Crippen LogP contribution is -2.54. The second-order valence-corrected chi connectivity index (χ2v) is 11.9. The maximum atomic E-state index is 14.4. The number of anilines is 1. The third-order valence-corrected chi connectivity index (χ3v) is 7.08. The average Bonchev–Trinajstić information content (AvgIpc) is 3.75. The monoisotopic (exact) mass is 593 g/mol.